The molecule has 9 N–H and O–H groups in total. The highest BCUT2D eigenvalue weighted by atomic mass is 16.1. The second-order valence-corrected chi connectivity index (χ2v) is 40.4. The lowest BCUT2D eigenvalue weighted by Crippen LogP contribution is -2.44. The summed E-state index contributed by atoms with van der Waals surface area (Å²) in [7, 11) is 2.19. The molecule has 15 aromatic rings. The first kappa shape index (κ1) is 95.6. The Labute approximate surface area is 837 Å². The van der Waals surface area contributed by atoms with Gasteiger partial charge in [-0.3, -0.25) is 4.79 Å². The van der Waals surface area contributed by atoms with Gasteiger partial charge < -0.3 is 100 Å². The lowest BCUT2D eigenvalue weighted by atomic mass is 9.95. The third kappa shape index (κ3) is 22.3. The summed E-state index contributed by atoms with van der Waals surface area (Å²) in [6.45, 7) is 33.0. The summed E-state index contributed by atoms with van der Waals surface area (Å²) in [5.41, 5.74) is 19.7. The Kier molecular flexibility index (Phi) is 29.5. The van der Waals surface area contributed by atoms with Crippen LogP contribution in [-0.2, 0) is 0 Å². The van der Waals surface area contributed by atoms with Crippen molar-refractivity contribution < 1.29 is 4.79 Å². The molecule has 34 nitrogen and oxygen atoms in total. The average Bonchev–Trinajstić information content (AvgIpc) is 1.65. The van der Waals surface area contributed by atoms with Crippen LogP contribution in [0.4, 0.5) is 87.0 Å². The second kappa shape index (κ2) is 44.1. The minimum atomic E-state index is 0.0976. The van der Waals surface area contributed by atoms with Crippen LogP contribution < -0.4 is 72.4 Å². The van der Waals surface area contributed by atoms with Crippen LogP contribution in [0.5, 0.6) is 0 Å². The van der Waals surface area contributed by atoms with Gasteiger partial charge in [-0.2, -0.15) is 24.9 Å². The van der Waals surface area contributed by atoms with Crippen molar-refractivity contribution in [3.63, 3.8) is 0 Å². The van der Waals surface area contributed by atoms with Crippen LogP contribution in [0.3, 0.4) is 0 Å². The molecule has 143 heavy (non-hydrogen) atoms. The summed E-state index contributed by atoms with van der Waals surface area (Å²) in [6.07, 6.45) is 48.1. The number of fused-ring (bicyclic) bond motifs is 5. The molecule has 0 amide bonds. The molecule has 10 aliphatic rings. The second-order valence-electron chi connectivity index (χ2n) is 40.4. The largest absolute Gasteiger partial charge is 0.369 e. The molecule has 18 heterocycles. The number of piperazine rings is 5. The van der Waals surface area contributed by atoms with Crippen molar-refractivity contribution in [2.24, 2.45) is 0 Å². The Balaban J connectivity index is 0.000000106. The normalized spacial score (nSPS) is 18.0. The highest BCUT2D eigenvalue weighted by Crippen LogP contribution is 2.43. The Morgan fingerprint density at radius 1 is 0.287 bits per heavy atom. The van der Waals surface area contributed by atoms with Crippen LogP contribution >= 0.6 is 0 Å². The molecule has 5 aliphatic heterocycles. The third-order valence-corrected chi connectivity index (χ3v) is 30.5. The van der Waals surface area contributed by atoms with E-state index >= 15 is 0 Å². The Hall–Kier alpha value is -13.5. The van der Waals surface area contributed by atoms with E-state index in [1.165, 1.54) is 143 Å². The number of Topliss-reactive ketones (excluding diaryl/α,β-unsaturated/α-hetero) is 1. The van der Waals surface area contributed by atoms with E-state index in [9.17, 15) is 4.79 Å². The van der Waals surface area contributed by atoms with Crippen LogP contribution in [0.2, 0.25) is 0 Å². The summed E-state index contributed by atoms with van der Waals surface area (Å²) >= 11 is 0. The predicted molar refractivity (Wildman–Crippen MR) is 576 cm³/mol. The fraction of sp³-hybridized carbons (Fsp3) is 0.468. The highest BCUT2D eigenvalue weighted by molar-refractivity contribution is 6.01. The van der Waals surface area contributed by atoms with Gasteiger partial charge >= 0.3 is 0 Å². The number of carbonyl (C=O) groups is 1. The molecule has 0 atom stereocenters. The van der Waals surface area contributed by atoms with Crippen LogP contribution in [0.25, 0.3) is 55.2 Å². The molecule has 5 aliphatic carbocycles. The molecule has 0 bridgehead atoms. The van der Waals surface area contributed by atoms with E-state index in [4.69, 9.17) is 24.9 Å². The number of rotatable bonds is 21. The van der Waals surface area contributed by atoms with E-state index in [0.717, 1.165) is 256 Å². The first-order valence-corrected chi connectivity index (χ1v) is 52.6. The molecule has 0 spiro atoms. The zero-order valence-electron chi connectivity index (χ0n) is 84.1. The van der Waals surface area contributed by atoms with E-state index in [1.807, 2.05) is 74.7 Å². The number of ketones is 1. The fourth-order valence-electron chi connectivity index (χ4n) is 22.2. The van der Waals surface area contributed by atoms with Crippen molar-refractivity contribution in [3.8, 4) is 0 Å². The predicted octanol–water partition coefficient (Wildman–Crippen LogP) is 18.4. The molecule has 25 rings (SSSR count). The van der Waals surface area contributed by atoms with E-state index < -0.39 is 0 Å². The van der Waals surface area contributed by atoms with Gasteiger partial charge in [0, 0.05) is 273 Å². The first-order chi connectivity index (χ1) is 70.1. The van der Waals surface area contributed by atoms with E-state index in [1.54, 1.807) is 6.92 Å². The maximum absolute atomic E-state index is 12.5. The van der Waals surface area contributed by atoms with Crippen molar-refractivity contribution in [1.82, 2.24) is 114 Å². The number of aromatic nitrogens is 18. The summed E-state index contributed by atoms with van der Waals surface area (Å²) < 4.78 is 11.6. The molecule has 0 radical (unpaired) electrons. The molecular weight excluding hydrogens is 1790 g/mol. The third-order valence-electron chi connectivity index (χ3n) is 30.5. The van der Waals surface area contributed by atoms with Gasteiger partial charge in [-0.1, -0.05) is 57.8 Å². The van der Waals surface area contributed by atoms with Crippen molar-refractivity contribution in [3.05, 3.63) is 193 Å². The van der Waals surface area contributed by atoms with Crippen LogP contribution in [0, 0.1) is 34.6 Å². The minimum absolute atomic E-state index is 0.0976. The summed E-state index contributed by atoms with van der Waals surface area (Å²) in [6, 6.07) is 32.1. The smallest absolute Gasteiger partial charge is 0.230 e. The summed E-state index contributed by atoms with van der Waals surface area (Å²) in [5, 5.41) is 35.6. The zero-order valence-corrected chi connectivity index (χ0v) is 84.1. The summed E-state index contributed by atoms with van der Waals surface area (Å²) in [5.74, 6) is 5.45. The maximum atomic E-state index is 12.5. The number of likely N-dealkylation sites (N-methyl/N-ethyl adjacent to an activating group) is 1. The van der Waals surface area contributed by atoms with Crippen molar-refractivity contribution in [2.45, 2.75) is 194 Å². The van der Waals surface area contributed by atoms with Gasteiger partial charge in [-0.15, -0.1) is 0 Å². The fourth-order valence-corrected chi connectivity index (χ4v) is 22.2. The van der Waals surface area contributed by atoms with Crippen LogP contribution in [-0.4, -0.2) is 236 Å². The van der Waals surface area contributed by atoms with Crippen LogP contribution in [0.1, 0.15) is 197 Å². The molecule has 0 unspecified atom stereocenters. The van der Waals surface area contributed by atoms with Gasteiger partial charge in [-0.25, -0.2) is 39.9 Å². The lowest BCUT2D eigenvalue weighted by Gasteiger charge is -2.34. The number of hydrogen-bond donors (Lipinski definition) is 9. The maximum Gasteiger partial charge on any atom is 0.230 e. The molecular formula is C109H139N33O. The Bertz CT molecular complexity index is 6810. The lowest BCUT2D eigenvalue weighted by molar-refractivity contribution is 0.100. The van der Waals surface area contributed by atoms with E-state index in [-0.39, 0.29) is 5.78 Å². The van der Waals surface area contributed by atoms with Gasteiger partial charge in [0.15, 0.2) is 5.78 Å². The SMILES string of the molecule is CC(=O)c1c(C)c2cnc(Nc3ccc(N4CCNCC4)cc3)nc2n1C1CCCC1.Cc1cn(C2CC2)c2nc(Nc3ccc(N4CCNCC4)cn3)ncc12.Cc1cn(C2CCCC2)c2nc(Nc3ccc(N4CCN(C)CC4)cc3)ncc12.Cc1cn(C2CCCC2)c2nc(Nc3ccc(N4CCNCC4)cn3)ncc12.Cc1cn(C2CCCCC2)c2nc(Nc3ccc(N4CCNCC4)cn3)ncc12. The van der Waals surface area contributed by atoms with Gasteiger partial charge in [0.1, 0.15) is 45.7 Å². The quantitative estimate of drug-likeness (QED) is 0.0302. The topological polar surface area (TPSA) is 337 Å². The number of aryl methyl sites for hydroxylation is 5. The number of benzene rings is 2. The number of pyridine rings is 3. The van der Waals surface area contributed by atoms with Gasteiger partial charge in [-0.05, 0) is 219 Å². The Morgan fingerprint density at radius 2 is 0.559 bits per heavy atom. The van der Waals surface area contributed by atoms with Gasteiger partial charge in [0.2, 0.25) is 29.7 Å². The number of carbonyl (C=O) groups excluding carboxylic acids is 1. The monoisotopic (exact) mass is 1930 g/mol. The number of anilines is 15. The standard InChI is InChI=1S/C24H30N6O.C23H30N6.C22H29N7.C21H27N7.C19H23N7/c1-16-21-15-26-24(27-18-7-9-19(10-8-18)29-13-11-25-12-14-29)28-23(21)30(22(16)17(2)31)20-5-3-4-6-20;1-17-16-29(20-5-3-4-6-20)22-21(17)15-24-23(26-22)25-18-7-9-19(10-8-18)28-13-11-27(2)12-14-28;1-16-15-29(17-5-3-2-4-6-17)21-19(16)14-25-22(27-21)26-20-8-7-18(13-24-20)28-11-9-23-10-12-28;1-15-14-28(16-4-2-3-5-16)20-18(15)13-24-21(26-20)25-19-7-6-17(12-23-19)27-10-8-22-9-11-27;1-13-12-26(14-2-3-14)18-16(13)11-22-19(24-18)23-17-5-4-15(10-21-17)25-8-6-20-7-9-25/h7-10,15,20,25H,3-6,11-14H2,1-2H3,(H,26,27,28);7-10,15-16,20H,3-6,11-14H2,1-2H3,(H,24,25,26);7-8,13-15,17,23H,2-6,9-12H2,1H3,(H,24,25,26,27);6-7,12-14,16,22H,2-5,8-11H2,1H3,(H,23,24,25,26);4-5,10-12,14,20H,2-3,6-9H2,1H3,(H,21,22,23,24). The molecule has 5 saturated carbocycles. The van der Waals surface area contributed by atoms with Gasteiger partial charge in [0.25, 0.3) is 0 Å². The van der Waals surface area contributed by atoms with Crippen LogP contribution in [0.15, 0.2) is 159 Å². The number of hydrogen-bond acceptors (Lipinski definition) is 29. The first-order valence-electron chi connectivity index (χ1n) is 52.6. The minimum Gasteiger partial charge on any atom is -0.369 e. The van der Waals surface area contributed by atoms with Crippen molar-refractivity contribution in [2.75, 3.05) is 189 Å². The van der Waals surface area contributed by atoms with E-state index in [2.05, 4.69) is 266 Å². The molecule has 10 fully saturated rings. The number of nitrogens with one attached hydrogen (secondary N) is 9. The van der Waals surface area contributed by atoms with Gasteiger partial charge in [0.05, 0.1) is 41.3 Å². The highest BCUT2D eigenvalue weighted by Gasteiger charge is 2.32. The summed E-state index contributed by atoms with van der Waals surface area (Å²) in [4.78, 5) is 87.3. The zero-order chi connectivity index (χ0) is 97.2. The van der Waals surface area contributed by atoms with E-state index in [0.29, 0.717) is 60.0 Å². The average molecular weight is 1930 g/mol. The van der Waals surface area contributed by atoms with Crippen molar-refractivity contribution >= 4 is 148 Å². The number of nitrogens with zero attached hydrogens (tertiary/aromatic N) is 24. The molecule has 5 saturated heterocycles. The molecule has 2 aromatic carbocycles. The molecule has 746 valence electrons. The molecule has 13 aromatic heterocycles. The van der Waals surface area contributed by atoms with Crippen molar-refractivity contribution in [1.29, 1.82) is 0 Å². The Morgan fingerprint density at radius 3 is 0.867 bits per heavy atom. The molecule has 34 heteroatoms.